The number of nitrogens with one attached hydrogen (secondary N) is 1. The van der Waals surface area contributed by atoms with E-state index < -0.39 is 15.8 Å². The summed E-state index contributed by atoms with van der Waals surface area (Å²) in [6.07, 6.45) is 0. The number of anilines is 1. The Bertz CT molecular complexity index is 982. The first-order valence-electron chi connectivity index (χ1n) is 8.78. The first-order chi connectivity index (χ1) is 13.7. The molecule has 0 fully saturated rings. The Hall–Kier alpha value is -1.81. The number of nitrogens with zero attached hydrogens (tertiary/aromatic N) is 1. The second kappa shape index (κ2) is 10.3. The van der Waals surface area contributed by atoms with Gasteiger partial charge >= 0.3 is 0 Å². The summed E-state index contributed by atoms with van der Waals surface area (Å²) in [5, 5.41) is 2.65. The van der Waals surface area contributed by atoms with E-state index in [1.54, 1.807) is 13.8 Å². The molecule has 0 aliphatic heterocycles. The van der Waals surface area contributed by atoms with Crippen LogP contribution in [0.4, 0.5) is 10.1 Å². The number of hydrogen-bond acceptors (Lipinski definition) is 5. The van der Waals surface area contributed by atoms with Crippen LogP contribution in [0.15, 0.2) is 46.2 Å². The third-order valence-electron chi connectivity index (χ3n) is 4.05. The first kappa shape index (κ1) is 23.5. The van der Waals surface area contributed by atoms with Gasteiger partial charge < -0.3 is 10.1 Å². The van der Waals surface area contributed by atoms with Crippen LogP contribution in [0.5, 0.6) is 5.75 Å². The van der Waals surface area contributed by atoms with E-state index in [9.17, 15) is 17.6 Å². The van der Waals surface area contributed by atoms with Gasteiger partial charge in [-0.05, 0) is 36.4 Å². The van der Waals surface area contributed by atoms with Crippen molar-refractivity contribution in [1.82, 2.24) is 4.31 Å². The fourth-order valence-corrected chi connectivity index (χ4v) is 5.03. The Labute approximate surface area is 179 Å². The van der Waals surface area contributed by atoms with Gasteiger partial charge in [0.05, 0.1) is 28.5 Å². The van der Waals surface area contributed by atoms with Crippen molar-refractivity contribution < 1.29 is 22.3 Å². The Kier molecular flexibility index (Phi) is 8.33. The van der Waals surface area contributed by atoms with Crippen molar-refractivity contribution in [3.05, 3.63) is 47.2 Å². The summed E-state index contributed by atoms with van der Waals surface area (Å²) in [6, 6.07) is 8.51. The molecule has 0 atom stereocenters. The van der Waals surface area contributed by atoms with Crippen LogP contribution in [0.1, 0.15) is 13.8 Å². The first-order valence-corrected chi connectivity index (χ1v) is 11.6. The van der Waals surface area contributed by atoms with Crippen molar-refractivity contribution in [1.29, 1.82) is 0 Å². The number of methoxy groups -OCH3 is 1. The number of thioether (sulfide) groups is 1. The molecule has 10 heteroatoms. The average Bonchev–Trinajstić information content (AvgIpc) is 2.69. The number of sulfonamides is 1. The zero-order valence-electron chi connectivity index (χ0n) is 16.2. The molecule has 0 unspecified atom stereocenters. The summed E-state index contributed by atoms with van der Waals surface area (Å²) >= 11 is 6.92. The maximum atomic E-state index is 13.2. The number of hydrogen-bond donors (Lipinski definition) is 1. The minimum atomic E-state index is -3.68. The maximum absolute atomic E-state index is 13.2. The molecule has 0 bridgehead atoms. The average molecular weight is 461 g/mol. The molecular formula is C19H22ClFN2O4S2. The predicted octanol–water partition coefficient (Wildman–Crippen LogP) is 4.25. The highest BCUT2D eigenvalue weighted by atomic mass is 35.5. The third-order valence-corrected chi connectivity index (χ3v) is 7.38. The van der Waals surface area contributed by atoms with Gasteiger partial charge in [-0.2, -0.15) is 4.31 Å². The van der Waals surface area contributed by atoms with E-state index in [1.165, 1.54) is 59.6 Å². The second-order valence-electron chi connectivity index (χ2n) is 5.86. The third kappa shape index (κ3) is 5.85. The van der Waals surface area contributed by atoms with Gasteiger partial charge in [0.25, 0.3) is 0 Å². The normalized spacial score (nSPS) is 11.5. The van der Waals surface area contributed by atoms with E-state index in [4.69, 9.17) is 16.3 Å². The van der Waals surface area contributed by atoms with E-state index in [1.807, 2.05) is 0 Å². The van der Waals surface area contributed by atoms with E-state index in [0.29, 0.717) is 23.7 Å². The lowest BCUT2D eigenvalue weighted by molar-refractivity contribution is -0.113. The molecule has 0 saturated carbocycles. The van der Waals surface area contributed by atoms with Crippen molar-refractivity contribution in [2.24, 2.45) is 0 Å². The van der Waals surface area contributed by atoms with Gasteiger partial charge in [-0.3, -0.25) is 4.79 Å². The Morgan fingerprint density at radius 2 is 1.90 bits per heavy atom. The Balaban J connectivity index is 2.18. The molecule has 2 aromatic carbocycles. The zero-order valence-corrected chi connectivity index (χ0v) is 18.6. The van der Waals surface area contributed by atoms with E-state index in [2.05, 4.69) is 5.32 Å². The smallest absolute Gasteiger partial charge is 0.243 e. The molecule has 1 N–H and O–H groups in total. The van der Waals surface area contributed by atoms with Crippen molar-refractivity contribution in [2.45, 2.75) is 23.6 Å². The lowest BCUT2D eigenvalue weighted by Gasteiger charge is -2.19. The summed E-state index contributed by atoms with van der Waals surface area (Å²) in [5.41, 5.74) is 0.253. The van der Waals surface area contributed by atoms with Crippen LogP contribution in [-0.2, 0) is 14.8 Å². The molecule has 29 heavy (non-hydrogen) atoms. The van der Waals surface area contributed by atoms with Crippen molar-refractivity contribution in [3.8, 4) is 5.75 Å². The predicted molar refractivity (Wildman–Crippen MR) is 114 cm³/mol. The molecular weight excluding hydrogens is 439 g/mol. The Morgan fingerprint density at radius 3 is 2.48 bits per heavy atom. The van der Waals surface area contributed by atoms with Gasteiger partial charge in [0.1, 0.15) is 11.6 Å². The lowest BCUT2D eigenvalue weighted by atomic mass is 10.3. The fraction of sp³-hybridized carbons (Fsp3) is 0.316. The molecule has 0 aromatic heterocycles. The van der Waals surface area contributed by atoms with Crippen LogP contribution in [0.25, 0.3) is 0 Å². The van der Waals surface area contributed by atoms with Gasteiger partial charge in [-0.25, -0.2) is 12.8 Å². The molecule has 6 nitrogen and oxygen atoms in total. The Morgan fingerprint density at radius 1 is 1.21 bits per heavy atom. The molecule has 0 aliphatic rings. The summed E-state index contributed by atoms with van der Waals surface area (Å²) in [7, 11) is -2.25. The number of carbonyl (C=O) groups is 1. The van der Waals surface area contributed by atoms with Gasteiger partial charge in [0.2, 0.25) is 15.9 Å². The molecule has 2 rings (SSSR count). The fourth-order valence-electron chi connectivity index (χ4n) is 2.56. The van der Waals surface area contributed by atoms with E-state index in [-0.39, 0.29) is 27.3 Å². The summed E-state index contributed by atoms with van der Waals surface area (Å²) in [5.74, 6) is -0.535. The van der Waals surface area contributed by atoms with E-state index >= 15 is 0 Å². The van der Waals surface area contributed by atoms with Crippen LogP contribution in [0.2, 0.25) is 5.02 Å². The van der Waals surface area contributed by atoms with Crippen LogP contribution >= 0.6 is 23.4 Å². The number of amides is 1. The summed E-state index contributed by atoms with van der Waals surface area (Å²) in [4.78, 5) is 13.1. The van der Waals surface area contributed by atoms with Crippen molar-refractivity contribution >= 4 is 45.0 Å². The number of halogens is 2. The van der Waals surface area contributed by atoms with Gasteiger partial charge in [-0.15, -0.1) is 11.8 Å². The highest BCUT2D eigenvalue weighted by molar-refractivity contribution is 8.00. The van der Waals surface area contributed by atoms with Gasteiger partial charge in [-0.1, -0.05) is 25.4 Å². The monoisotopic (exact) mass is 460 g/mol. The molecule has 1 amide bonds. The minimum absolute atomic E-state index is 0.0219. The highest BCUT2D eigenvalue weighted by Gasteiger charge is 2.23. The van der Waals surface area contributed by atoms with Crippen LogP contribution in [0, 0.1) is 5.82 Å². The lowest BCUT2D eigenvalue weighted by Crippen LogP contribution is -2.30. The molecule has 158 valence electrons. The quantitative estimate of drug-likeness (QED) is 0.566. The van der Waals surface area contributed by atoms with Crippen molar-refractivity contribution in [2.75, 3.05) is 31.3 Å². The topological polar surface area (TPSA) is 75.7 Å². The van der Waals surface area contributed by atoms with Gasteiger partial charge in [0.15, 0.2) is 0 Å². The summed E-state index contributed by atoms with van der Waals surface area (Å²) in [6.45, 7) is 4.19. The van der Waals surface area contributed by atoms with Gasteiger partial charge in [0, 0.05) is 18.0 Å². The molecule has 0 saturated heterocycles. The molecule has 2 aromatic rings. The highest BCUT2D eigenvalue weighted by Crippen LogP contribution is 2.30. The number of carbonyl (C=O) groups excluding carboxylic acids is 1. The zero-order chi connectivity index (χ0) is 21.6. The number of ether oxygens (including phenoxy) is 1. The second-order valence-corrected chi connectivity index (χ2v) is 9.26. The van der Waals surface area contributed by atoms with Crippen LogP contribution in [0.3, 0.4) is 0 Å². The summed E-state index contributed by atoms with van der Waals surface area (Å²) < 4.78 is 45.2. The molecule has 0 heterocycles. The van der Waals surface area contributed by atoms with Crippen LogP contribution < -0.4 is 10.1 Å². The van der Waals surface area contributed by atoms with Crippen LogP contribution in [-0.4, -0.2) is 44.6 Å². The molecule has 0 aliphatic carbocycles. The maximum Gasteiger partial charge on any atom is 0.243 e. The minimum Gasteiger partial charge on any atom is -0.495 e. The molecule has 0 spiro atoms. The number of rotatable bonds is 9. The van der Waals surface area contributed by atoms with E-state index in [0.717, 1.165) is 0 Å². The van der Waals surface area contributed by atoms with Crippen molar-refractivity contribution in [3.63, 3.8) is 0 Å². The SMILES string of the molecule is CCN(CC)S(=O)(=O)c1ccc(OC)c(NC(=O)CSc2ccc(F)c(Cl)c2)c1. The molecule has 0 radical (unpaired) electrons. The largest absolute Gasteiger partial charge is 0.495 e. The standard InChI is InChI=1S/C19H22ClFN2O4S2/c1-4-23(5-2)29(25,26)14-7-9-18(27-3)17(11-14)22-19(24)12-28-13-6-8-16(21)15(20)10-13/h6-11H,4-5,12H2,1-3H3,(H,22,24). The number of benzene rings is 2.